The monoisotopic (exact) mass is 234 g/mol. The van der Waals surface area contributed by atoms with Gasteiger partial charge >= 0.3 is 0 Å². The molecular formula is C15H22O2. The third-order valence-corrected chi connectivity index (χ3v) is 3.58. The Kier molecular flexibility index (Phi) is 4.47. The lowest BCUT2D eigenvalue weighted by molar-refractivity contribution is -0.00267. The molecule has 0 aromatic heterocycles. The van der Waals surface area contributed by atoms with Crippen LogP contribution in [-0.2, 0) is 4.74 Å². The lowest BCUT2D eigenvalue weighted by atomic mass is 9.85. The molecule has 94 valence electrons. The van der Waals surface area contributed by atoms with Gasteiger partial charge in [-0.1, -0.05) is 31.5 Å². The lowest BCUT2D eigenvalue weighted by Gasteiger charge is -2.29. The van der Waals surface area contributed by atoms with Crippen LogP contribution in [0, 0.1) is 13.8 Å². The maximum atomic E-state index is 12.6. The molecule has 1 aromatic rings. The van der Waals surface area contributed by atoms with Crippen molar-refractivity contribution in [2.24, 2.45) is 0 Å². The molecule has 2 nitrogen and oxygen atoms in total. The van der Waals surface area contributed by atoms with Crippen molar-refractivity contribution in [3.63, 3.8) is 0 Å². The first-order valence-corrected chi connectivity index (χ1v) is 6.18. The summed E-state index contributed by atoms with van der Waals surface area (Å²) in [6.07, 6.45) is 1.40. The van der Waals surface area contributed by atoms with E-state index >= 15 is 0 Å². The summed E-state index contributed by atoms with van der Waals surface area (Å²) in [6.45, 7) is 7.97. The fourth-order valence-electron chi connectivity index (χ4n) is 2.18. The van der Waals surface area contributed by atoms with Gasteiger partial charge < -0.3 is 4.74 Å². The third kappa shape index (κ3) is 2.58. The SMILES string of the molecule is CCC(CC)(OC)C(=O)c1cc(C)ccc1C. The Balaban J connectivity index is 3.23. The number of aryl methyl sites for hydroxylation is 2. The summed E-state index contributed by atoms with van der Waals surface area (Å²) >= 11 is 0. The first-order chi connectivity index (χ1) is 8.00. The van der Waals surface area contributed by atoms with E-state index in [1.807, 2.05) is 45.9 Å². The zero-order valence-corrected chi connectivity index (χ0v) is 11.5. The van der Waals surface area contributed by atoms with E-state index < -0.39 is 5.60 Å². The van der Waals surface area contributed by atoms with Gasteiger partial charge in [0.15, 0.2) is 5.78 Å². The van der Waals surface area contributed by atoms with Gasteiger partial charge in [-0.2, -0.15) is 0 Å². The van der Waals surface area contributed by atoms with Crippen LogP contribution in [0.25, 0.3) is 0 Å². The summed E-state index contributed by atoms with van der Waals surface area (Å²) < 4.78 is 5.50. The second kappa shape index (κ2) is 5.46. The number of hydrogen-bond acceptors (Lipinski definition) is 2. The first kappa shape index (κ1) is 13.9. The van der Waals surface area contributed by atoms with Crippen LogP contribution in [0.3, 0.4) is 0 Å². The second-order valence-corrected chi connectivity index (χ2v) is 4.55. The van der Waals surface area contributed by atoms with E-state index in [9.17, 15) is 4.79 Å². The molecule has 0 saturated carbocycles. The van der Waals surface area contributed by atoms with E-state index in [0.29, 0.717) is 12.8 Å². The highest BCUT2D eigenvalue weighted by molar-refractivity contribution is 6.03. The predicted molar refractivity (Wildman–Crippen MR) is 70.6 cm³/mol. The lowest BCUT2D eigenvalue weighted by Crippen LogP contribution is -2.40. The molecule has 0 aliphatic rings. The van der Waals surface area contributed by atoms with E-state index in [0.717, 1.165) is 16.7 Å². The van der Waals surface area contributed by atoms with Crippen LogP contribution in [0.1, 0.15) is 48.2 Å². The van der Waals surface area contributed by atoms with Gasteiger partial charge in [-0.25, -0.2) is 0 Å². The topological polar surface area (TPSA) is 26.3 Å². The zero-order chi connectivity index (χ0) is 13.1. The number of ketones is 1. The van der Waals surface area contributed by atoms with Crippen molar-refractivity contribution in [3.05, 3.63) is 34.9 Å². The Morgan fingerprint density at radius 2 is 1.82 bits per heavy atom. The smallest absolute Gasteiger partial charge is 0.194 e. The van der Waals surface area contributed by atoms with Crippen molar-refractivity contribution in [3.8, 4) is 0 Å². The highest BCUT2D eigenvalue weighted by Crippen LogP contribution is 2.26. The highest BCUT2D eigenvalue weighted by atomic mass is 16.5. The number of hydrogen-bond donors (Lipinski definition) is 0. The summed E-state index contributed by atoms with van der Waals surface area (Å²) in [7, 11) is 1.62. The first-order valence-electron chi connectivity index (χ1n) is 6.18. The van der Waals surface area contributed by atoms with Crippen LogP contribution in [0.4, 0.5) is 0 Å². The van der Waals surface area contributed by atoms with Crippen molar-refractivity contribution in [1.82, 2.24) is 0 Å². The van der Waals surface area contributed by atoms with Crippen LogP contribution >= 0.6 is 0 Å². The van der Waals surface area contributed by atoms with E-state index in [1.165, 1.54) is 0 Å². The summed E-state index contributed by atoms with van der Waals surface area (Å²) in [6, 6.07) is 5.98. The summed E-state index contributed by atoms with van der Waals surface area (Å²) in [5.41, 5.74) is 2.24. The predicted octanol–water partition coefficient (Wildman–Crippen LogP) is 3.69. The number of benzene rings is 1. The molecule has 17 heavy (non-hydrogen) atoms. The molecule has 0 heterocycles. The average Bonchev–Trinajstić information content (AvgIpc) is 2.35. The van der Waals surface area contributed by atoms with Crippen molar-refractivity contribution >= 4 is 5.78 Å². The maximum absolute atomic E-state index is 12.6. The minimum Gasteiger partial charge on any atom is -0.370 e. The van der Waals surface area contributed by atoms with Crippen LogP contribution in [-0.4, -0.2) is 18.5 Å². The number of ether oxygens (including phenoxy) is 1. The number of carbonyl (C=O) groups excluding carboxylic acids is 1. The fraction of sp³-hybridized carbons (Fsp3) is 0.533. The summed E-state index contributed by atoms with van der Waals surface area (Å²) in [5, 5.41) is 0. The van der Waals surface area contributed by atoms with Gasteiger partial charge in [0.1, 0.15) is 5.60 Å². The van der Waals surface area contributed by atoms with Crippen LogP contribution in [0.2, 0.25) is 0 Å². The fourth-order valence-corrected chi connectivity index (χ4v) is 2.18. The van der Waals surface area contributed by atoms with Gasteiger partial charge in [-0.05, 0) is 38.3 Å². The third-order valence-electron chi connectivity index (χ3n) is 3.58. The number of rotatable bonds is 5. The van der Waals surface area contributed by atoms with Crippen molar-refractivity contribution in [2.45, 2.75) is 46.1 Å². The van der Waals surface area contributed by atoms with Gasteiger partial charge in [0.25, 0.3) is 0 Å². The van der Waals surface area contributed by atoms with Gasteiger partial charge in [0.2, 0.25) is 0 Å². The standard InChI is InChI=1S/C15H22O2/c1-6-15(7-2,17-5)14(16)13-10-11(3)8-9-12(13)4/h8-10H,6-7H2,1-5H3. The molecular weight excluding hydrogens is 212 g/mol. The number of methoxy groups -OCH3 is 1. The summed E-state index contributed by atoms with van der Waals surface area (Å²) in [5.74, 6) is 0.103. The molecule has 0 bridgehead atoms. The quantitative estimate of drug-likeness (QED) is 0.726. The van der Waals surface area contributed by atoms with Crippen LogP contribution in [0.5, 0.6) is 0 Å². The van der Waals surface area contributed by atoms with E-state index in [-0.39, 0.29) is 5.78 Å². The molecule has 0 spiro atoms. The number of Topliss-reactive ketones (excluding diaryl/α,β-unsaturated/α-hetero) is 1. The molecule has 0 N–H and O–H groups in total. The zero-order valence-electron chi connectivity index (χ0n) is 11.5. The van der Waals surface area contributed by atoms with Gasteiger partial charge in [0, 0.05) is 12.7 Å². The minimum atomic E-state index is -0.668. The Bertz CT molecular complexity index is 395. The molecule has 2 heteroatoms. The normalized spacial score (nSPS) is 11.6. The molecule has 0 radical (unpaired) electrons. The van der Waals surface area contributed by atoms with E-state index in [4.69, 9.17) is 4.74 Å². The Hall–Kier alpha value is -1.15. The van der Waals surface area contributed by atoms with Gasteiger partial charge in [-0.15, -0.1) is 0 Å². The van der Waals surface area contributed by atoms with Crippen molar-refractivity contribution in [1.29, 1.82) is 0 Å². The molecule has 0 unspecified atom stereocenters. The molecule has 1 aromatic carbocycles. The van der Waals surface area contributed by atoms with Gasteiger partial charge in [0.05, 0.1) is 0 Å². The minimum absolute atomic E-state index is 0.103. The maximum Gasteiger partial charge on any atom is 0.194 e. The number of carbonyl (C=O) groups is 1. The Morgan fingerprint density at radius 1 is 1.24 bits per heavy atom. The van der Waals surface area contributed by atoms with Crippen molar-refractivity contribution in [2.75, 3.05) is 7.11 Å². The van der Waals surface area contributed by atoms with E-state index in [2.05, 4.69) is 0 Å². The molecule has 0 aliphatic heterocycles. The molecule has 0 amide bonds. The molecule has 0 aliphatic carbocycles. The largest absolute Gasteiger partial charge is 0.370 e. The molecule has 0 saturated heterocycles. The van der Waals surface area contributed by atoms with Crippen LogP contribution in [0.15, 0.2) is 18.2 Å². The second-order valence-electron chi connectivity index (χ2n) is 4.55. The summed E-state index contributed by atoms with van der Waals surface area (Å²) in [4.78, 5) is 12.6. The molecule has 0 atom stereocenters. The van der Waals surface area contributed by atoms with Crippen molar-refractivity contribution < 1.29 is 9.53 Å². The Morgan fingerprint density at radius 3 is 2.29 bits per heavy atom. The molecule has 1 rings (SSSR count). The van der Waals surface area contributed by atoms with E-state index in [1.54, 1.807) is 7.11 Å². The average molecular weight is 234 g/mol. The molecule has 0 fully saturated rings. The van der Waals surface area contributed by atoms with Gasteiger partial charge in [-0.3, -0.25) is 4.79 Å². The Labute approximate surface area is 104 Å². The van der Waals surface area contributed by atoms with Crippen LogP contribution < -0.4 is 0 Å². The highest BCUT2D eigenvalue weighted by Gasteiger charge is 2.35.